The maximum atomic E-state index is 13.2. The van der Waals surface area contributed by atoms with Crippen LogP contribution < -0.4 is 5.32 Å². The highest BCUT2D eigenvalue weighted by molar-refractivity contribution is 7.14. The first-order valence-electron chi connectivity index (χ1n) is 8.48. The number of rotatable bonds is 4. The van der Waals surface area contributed by atoms with E-state index in [1.165, 1.54) is 22.0 Å². The third kappa shape index (κ3) is 3.22. The van der Waals surface area contributed by atoms with Crippen LogP contribution in [0.4, 0.5) is 18.9 Å². The van der Waals surface area contributed by atoms with Gasteiger partial charge in [0.25, 0.3) is 5.91 Å². The van der Waals surface area contributed by atoms with Gasteiger partial charge in [0.1, 0.15) is 6.04 Å². The molecule has 0 spiro atoms. The average molecular weight is 405 g/mol. The van der Waals surface area contributed by atoms with E-state index >= 15 is 0 Å². The zero-order valence-corrected chi connectivity index (χ0v) is 15.4. The molecule has 3 aromatic rings. The van der Waals surface area contributed by atoms with Crippen LogP contribution in [-0.4, -0.2) is 32.7 Å². The highest BCUT2D eigenvalue weighted by atomic mass is 32.1. The van der Waals surface area contributed by atoms with E-state index < -0.39 is 24.0 Å². The van der Waals surface area contributed by atoms with Crippen molar-refractivity contribution in [3.63, 3.8) is 0 Å². The van der Waals surface area contributed by atoms with E-state index in [1.807, 2.05) is 0 Å². The predicted molar refractivity (Wildman–Crippen MR) is 97.3 cm³/mol. The van der Waals surface area contributed by atoms with Crippen LogP contribution >= 0.6 is 11.3 Å². The van der Waals surface area contributed by atoms with Gasteiger partial charge < -0.3 is 5.32 Å². The molecule has 1 N–H and O–H groups in total. The number of nitrogens with one attached hydrogen (secondary N) is 1. The quantitative estimate of drug-likeness (QED) is 0.655. The second kappa shape index (κ2) is 6.60. The normalized spacial score (nSPS) is 15.4. The number of alkyl halides is 3. The minimum absolute atomic E-state index is 0.0734. The van der Waals surface area contributed by atoms with Gasteiger partial charge in [-0.25, -0.2) is 14.3 Å². The molecule has 1 amide bonds. The number of halogens is 3. The van der Waals surface area contributed by atoms with Crippen molar-refractivity contribution in [1.29, 1.82) is 0 Å². The van der Waals surface area contributed by atoms with Crippen molar-refractivity contribution in [2.75, 3.05) is 0 Å². The Morgan fingerprint density at radius 2 is 2.21 bits per heavy atom. The van der Waals surface area contributed by atoms with E-state index in [9.17, 15) is 18.0 Å². The van der Waals surface area contributed by atoms with E-state index in [0.717, 1.165) is 0 Å². The molecule has 0 bridgehead atoms. The molecule has 4 rings (SSSR count). The molecule has 1 saturated carbocycles. The number of amides is 1. The Bertz CT molecular complexity index is 1110. The minimum atomic E-state index is -4.51. The molecule has 144 valence electrons. The first-order chi connectivity index (χ1) is 13.3. The van der Waals surface area contributed by atoms with Gasteiger partial charge in [0, 0.05) is 0 Å². The Kier molecular flexibility index (Phi) is 4.34. The van der Waals surface area contributed by atoms with Crippen LogP contribution in [0.25, 0.3) is 21.1 Å². The van der Waals surface area contributed by atoms with Gasteiger partial charge in [-0.1, -0.05) is 0 Å². The number of hydrogen-bond acceptors (Lipinski definition) is 4. The van der Waals surface area contributed by atoms with E-state index in [0.29, 0.717) is 40.3 Å². The van der Waals surface area contributed by atoms with Crippen LogP contribution in [-0.2, 0) is 0 Å². The summed E-state index contributed by atoms with van der Waals surface area (Å²) in [6.45, 7) is 9.01. The molecule has 10 heteroatoms. The Balaban J connectivity index is 1.74. The molecular formula is C18H14F3N5OS. The van der Waals surface area contributed by atoms with Crippen molar-refractivity contribution >= 4 is 28.6 Å². The molecule has 3 heterocycles. The number of hydrogen-bond donors (Lipinski definition) is 1. The number of carbonyl (C=O) groups excluding carboxylic acids is 1. The Labute approximate surface area is 161 Å². The van der Waals surface area contributed by atoms with Crippen molar-refractivity contribution in [3.8, 4) is 10.6 Å². The molecule has 1 aliphatic rings. The van der Waals surface area contributed by atoms with Gasteiger partial charge in [0.05, 0.1) is 23.3 Å². The van der Waals surface area contributed by atoms with E-state index in [4.69, 9.17) is 6.57 Å². The highest BCUT2D eigenvalue weighted by Gasteiger charge is 2.49. The predicted octanol–water partition coefficient (Wildman–Crippen LogP) is 4.39. The fourth-order valence-corrected chi connectivity index (χ4v) is 3.87. The van der Waals surface area contributed by atoms with Gasteiger partial charge in [-0.3, -0.25) is 4.79 Å². The van der Waals surface area contributed by atoms with Gasteiger partial charge in [0.15, 0.2) is 11.3 Å². The number of nitrogens with zero attached hydrogens (tertiary/aromatic N) is 4. The lowest BCUT2D eigenvalue weighted by Gasteiger charge is -2.21. The molecule has 1 atom stereocenters. The monoisotopic (exact) mass is 405 g/mol. The summed E-state index contributed by atoms with van der Waals surface area (Å²) in [5.41, 5.74) is 1.89. The summed E-state index contributed by atoms with van der Waals surface area (Å²) in [5, 5.41) is 8.24. The van der Waals surface area contributed by atoms with Gasteiger partial charge in [-0.15, -0.1) is 0 Å². The van der Waals surface area contributed by atoms with Gasteiger partial charge in [-0.05, 0) is 48.8 Å². The topological polar surface area (TPSA) is 63.7 Å². The minimum Gasteiger partial charge on any atom is -0.339 e. The molecular weight excluding hydrogens is 391 g/mol. The SMILES string of the molecule is [C-]#[N+]c1ccsc1-c1cc(C)c2ncc(C(=O)N[C@@H](C3CC3)C(F)(F)F)n2n1. The van der Waals surface area contributed by atoms with E-state index in [-0.39, 0.29) is 5.69 Å². The van der Waals surface area contributed by atoms with Crippen LogP contribution in [0.3, 0.4) is 0 Å². The molecule has 6 nitrogen and oxygen atoms in total. The molecule has 28 heavy (non-hydrogen) atoms. The van der Waals surface area contributed by atoms with Crippen LogP contribution in [0.5, 0.6) is 0 Å². The summed E-state index contributed by atoms with van der Waals surface area (Å²) < 4.78 is 41.0. The number of fused-ring (bicyclic) bond motifs is 1. The maximum absolute atomic E-state index is 13.2. The van der Waals surface area contributed by atoms with Gasteiger partial charge >= 0.3 is 6.18 Å². The number of imidazole rings is 1. The molecule has 3 aromatic heterocycles. The number of aryl methyl sites for hydroxylation is 1. The first-order valence-corrected chi connectivity index (χ1v) is 9.36. The zero-order chi connectivity index (χ0) is 20.1. The fourth-order valence-electron chi connectivity index (χ4n) is 3.08. The summed E-state index contributed by atoms with van der Waals surface area (Å²) in [4.78, 5) is 20.8. The average Bonchev–Trinajstić information content (AvgIpc) is 3.18. The Morgan fingerprint density at radius 3 is 2.86 bits per heavy atom. The summed E-state index contributed by atoms with van der Waals surface area (Å²) >= 11 is 1.33. The first kappa shape index (κ1) is 18.4. The van der Waals surface area contributed by atoms with Crippen molar-refractivity contribution in [3.05, 3.63) is 46.4 Å². The summed E-state index contributed by atoms with van der Waals surface area (Å²) in [5.74, 6) is -1.46. The van der Waals surface area contributed by atoms with Crippen molar-refractivity contribution in [2.24, 2.45) is 5.92 Å². The van der Waals surface area contributed by atoms with Crippen LogP contribution in [0.15, 0.2) is 23.7 Å². The molecule has 0 saturated heterocycles. The standard InChI is InChI=1S/C18H14F3N5OS/c1-9-7-12(14-11(22-2)5-6-28-14)25-26-13(8-23-16(9)26)17(27)24-15(10-3-4-10)18(19,20)21/h5-8,10,15H,3-4H2,1H3,(H,24,27)/t15-/m0/s1. The lowest BCUT2D eigenvalue weighted by Crippen LogP contribution is -2.47. The van der Waals surface area contributed by atoms with Crippen molar-refractivity contribution in [2.45, 2.75) is 32.0 Å². The number of thiophene rings is 1. The van der Waals surface area contributed by atoms with Crippen LogP contribution in [0.2, 0.25) is 0 Å². The molecule has 0 radical (unpaired) electrons. The lowest BCUT2D eigenvalue weighted by atomic mass is 10.1. The Hall–Kier alpha value is -2.93. The van der Waals surface area contributed by atoms with Gasteiger partial charge in [-0.2, -0.15) is 29.6 Å². The zero-order valence-electron chi connectivity index (χ0n) is 14.6. The maximum Gasteiger partial charge on any atom is 0.408 e. The second-order valence-corrected chi connectivity index (χ2v) is 7.58. The third-order valence-electron chi connectivity index (χ3n) is 4.61. The smallest absolute Gasteiger partial charge is 0.339 e. The molecule has 0 aliphatic heterocycles. The number of carbonyl (C=O) groups is 1. The van der Waals surface area contributed by atoms with Gasteiger partial charge in [0.2, 0.25) is 5.69 Å². The van der Waals surface area contributed by atoms with Crippen LogP contribution in [0, 0.1) is 19.4 Å². The van der Waals surface area contributed by atoms with E-state index in [2.05, 4.69) is 20.2 Å². The van der Waals surface area contributed by atoms with Crippen molar-refractivity contribution < 1.29 is 18.0 Å². The summed E-state index contributed by atoms with van der Waals surface area (Å²) in [7, 11) is 0. The highest BCUT2D eigenvalue weighted by Crippen LogP contribution is 2.40. The van der Waals surface area contributed by atoms with Crippen LogP contribution in [0.1, 0.15) is 28.9 Å². The Morgan fingerprint density at radius 1 is 1.46 bits per heavy atom. The largest absolute Gasteiger partial charge is 0.408 e. The summed E-state index contributed by atoms with van der Waals surface area (Å²) in [6.07, 6.45) is -2.40. The number of aromatic nitrogens is 3. The summed E-state index contributed by atoms with van der Waals surface area (Å²) in [6, 6.07) is 1.54. The molecule has 0 aromatic carbocycles. The molecule has 1 aliphatic carbocycles. The second-order valence-electron chi connectivity index (χ2n) is 6.67. The third-order valence-corrected chi connectivity index (χ3v) is 5.54. The fraction of sp³-hybridized carbons (Fsp3) is 0.333. The lowest BCUT2D eigenvalue weighted by molar-refractivity contribution is -0.158. The molecule has 0 unspecified atom stereocenters. The van der Waals surface area contributed by atoms with E-state index in [1.54, 1.807) is 24.4 Å². The van der Waals surface area contributed by atoms with Crippen molar-refractivity contribution in [1.82, 2.24) is 19.9 Å². The molecule has 1 fully saturated rings.